The highest BCUT2D eigenvalue weighted by Crippen LogP contribution is 2.41. The van der Waals surface area contributed by atoms with E-state index in [1.165, 1.54) is 7.11 Å². The maximum absolute atomic E-state index is 12.0. The van der Waals surface area contributed by atoms with Crippen LogP contribution in [0.25, 0.3) is 11.3 Å². The molecule has 4 aromatic rings. The van der Waals surface area contributed by atoms with Crippen molar-refractivity contribution in [2.75, 3.05) is 14.2 Å². The van der Waals surface area contributed by atoms with Gasteiger partial charge >= 0.3 is 5.97 Å². The number of esters is 1. The van der Waals surface area contributed by atoms with E-state index in [0.29, 0.717) is 23.0 Å². The second-order valence-corrected chi connectivity index (χ2v) is 8.76. The summed E-state index contributed by atoms with van der Waals surface area (Å²) < 4.78 is 16.5. The van der Waals surface area contributed by atoms with Gasteiger partial charge in [0.2, 0.25) is 0 Å². The molecule has 2 aromatic heterocycles. The first-order chi connectivity index (χ1) is 17.6. The molecule has 0 bridgehead atoms. The number of rotatable bonds is 7. The molecule has 2 unspecified atom stereocenters. The molecular weight excluding hydrogens is 474 g/mol. The number of carbonyl (C=O) groups is 1. The molecule has 0 radical (unpaired) electrons. The Bertz CT molecular complexity index is 1370. The number of nitrogens with one attached hydrogen (secondary N) is 1. The highest BCUT2D eigenvalue weighted by atomic mass is 32.1. The number of pyridine rings is 1. The standard InChI is InChI=1S/C28H25N3O4S/c1-33-21-11-9-18(10-12-21)17-31-26(25(30-28(31)36)22-8-3-4-15-29-22)24-14-13-23(35-24)19-6-5-7-20(16-19)27(32)34-2/h3-16,25-26H,17H2,1-2H3,(H,30,36). The van der Waals surface area contributed by atoms with E-state index < -0.39 is 5.97 Å². The summed E-state index contributed by atoms with van der Waals surface area (Å²) in [4.78, 5) is 18.7. The normalized spacial score (nSPS) is 17.1. The largest absolute Gasteiger partial charge is 0.497 e. The molecule has 0 spiro atoms. The molecular formula is C28H25N3O4S. The lowest BCUT2D eigenvalue weighted by molar-refractivity contribution is 0.0601. The topological polar surface area (TPSA) is 76.8 Å². The van der Waals surface area contributed by atoms with Crippen LogP contribution in [-0.4, -0.2) is 35.2 Å². The van der Waals surface area contributed by atoms with E-state index in [0.717, 1.165) is 28.3 Å². The first-order valence-corrected chi connectivity index (χ1v) is 11.9. The molecule has 36 heavy (non-hydrogen) atoms. The van der Waals surface area contributed by atoms with Crippen LogP contribution in [-0.2, 0) is 11.3 Å². The Balaban J connectivity index is 1.51. The molecule has 1 fully saturated rings. The second-order valence-electron chi connectivity index (χ2n) is 8.38. The van der Waals surface area contributed by atoms with Gasteiger partial charge in [0.25, 0.3) is 0 Å². The van der Waals surface area contributed by atoms with Crippen LogP contribution in [0.3, 0.4) is 0 Å². The van der Waals surface area contributed by atoms with Crippen LogP contribution >= 0.6 is 12.2 Å². The first-order valence-electron chi connectivity index (χ1n) is 11.5. The number of thiocarbonyl (C=S) groups is 1. The minimum absolute atomic E-state index is 0.197. The Hall–Kier alpha value is -4.17. The molecule has 2 aromatic carbocycles. The number of hydrogen-bond donors (Lipinski definition) is 1. The number of aromatic nitrogens is 1. The van der Waals surface area contributed by atoms with Crippen molar-refractivity contribution in [3.05, 3.63) is 108 Å². The average molecular weight is 500 g/mol. The fourth-order valence-electron chi connectivity index (χ4n) is 4.40. The van der Waals surface area contributed by atoms with Gasteiger partial charge in [0, 0.05) is 18.3 Å². The molecule has 5 rings (SSSR count). The van der Waals surface area contributed by atoms with Gasteiger partial charge in [-0.15, -0.1) is 0 Å². The Kier molecular flexibility index (Phi) is 6.69. The molecule has 1 aliphatic heterocycles. The molecule has 3 heterocycles. The number of carbonyl (C=O) groups excluding carboxylic acids is 1. The third-order valence-corrected chi connectivity index (χ3v) is 6.55. The highest BCUT2D eigenvalue weighted by molar-refractivity contribution is 7.80. The maximum atomic E-state index is 12.0. The van der Waals surface area contributed by atoms with Gasteiger partial charge in [0.1, 0.15) is 23.3 Å². The monoisotopic (exact) mass is 499 g/mol. The van der Waals surface area contributed by atoms with Gasteiger partial charge in [-0.1, -0.05) is 30.3 Å². The van der Waals surface area contributed by atoms with Gasteiger partial charge in [-0.3, -0.25) is 4.98 Å². The van der Waals surface area contributed by atoms with Crippen molar-refractivity contribution >= 4 is 23.3 Å². The van der Waals surface area contributed by atoms with E-state index >= 15 is 0 Å². The maximum Gasteiger partial charge on any atom is 0.337 e. The van der Waals surface area contributed by atoms with Crippen molar-refractivity contribution in [3.63, 3.8) is 0 Å². The van der Waals surface area contributed by atoms with Crippen molar-refractivity contribution in [1.82, 2.24) is 15.2 Å². The third kappa shape index (κ3) is 4.67. The minimum Gasteiger partial charge on any atom is -0.497 e. The van der Waals surface area contributed by atoms with Crippen LogP contribution in [0, 0.1) is 0 Å². The van der Waals surface area contributed by atoms with Gasteiger partial charge in [-0.05, 0) is 66.3 Å². The zero-order chi connectivity index (χ0) is 25.1. The van der Waals surface area contributed by atoms with Crippen LogP contribution < -0.4 is 10.1 Å². The molecule has 0 saturated carbocycles. The van der Waals surface area contributed by atoms with Crippen molar-refractivity contribution in [1.29, 1.82) is 0 Å². The van der Waals surface area contributed by atoms with Crippen LogP contribution in [0.1, 0.15) is 39.5 Å². The quantitative estimate of drug-likeness (QED) is 0.271. The van der Waals surface area contributed by atoms with E-state index in [1.807, 2.05) is 66.7 Å². The molecule has 1 saturated heterocycles. The molecule has 0 amide bonds. The lowest BCUT2D eigenvalue weighted by Gasteiger charge is -2.26. The number of hydrogen-bond acceptors (Lipinski definition) is 6. The average Bonchev–Trinajstić information content (AvgIpc) is 3.54. The molecule has 7 nitrogen and oxygen atoms in total. The molecule has 0 aliphatic carbocycles. The van der Waals surface area contributed by atoms with Gasteiger partial charge in [-0.2, -0.15) is 0 Å². The summed E-state index contributed by atoms with van der Waals surface area (Å²) in [5, 5.41) is 4.06. The SMILES string of the molecule is COC(=O)c1cccc(-c2ccc(C3C(c4ccccn4)NC(=S)N3Cc3ccc(OC)cc3)o2)c1. The van der Waals surface area contributed by atoms with E-state index in [1.54, 1.807) is 25.4 Å². The summed E-state index contributed by atoms with van der Waals surface area (Å²) in [6.45, 7) is 0.581. The minimum atomic E-state index is -0.394. The summed E-state index contributed by atoms with van der Waals surface area (Å²) in [5.41, 5.74) is 3.20. The number of furan rings is 1. The Labute approximate surface area is 214 Å². The predicted molar refractivity (Wildman–Crippen MR) is 139 cm³/mol. The van der Waals surface area contributed by atoms with Crippen molar-refractivity contribution in [2.24, 2.45) is 0 Å². The number of ether oxygens (including phenoxy) is 2. The summed E-state index contributed by atoms with van der Waals surface area (Å²) >= 11 is 5.77. The zero-order valence-electron chi connectivity index (χ0n) is 19.9. The van der Waals surface area contributed by atoms with Gasteiger partial charge in [0.15, 0.2) is 5.11 Å². The van der Waals surface area contributed by atoms with Crippen LogP contribution in [0.4, 0.5) is 0 Å². The number of methoxy groups -OCH3 is 2. The summed E-state index contributed by atoms with van der Waals surface area (Å²) in [7, 11) is 3.02. The molecule has 1 aliphatic rings. The van der Waals surface area contributed by atoms with Crippen molar-refractivity contribution < 1.29 is 18.7 Å². The van der Waals surface area contributed by atoms with Crippen LogP contribution in [0.15, 0.2) is 89.5 Å². The second kappa shape index (κ2) is 10.2. The first kappa shape index (κ1) is 23.6. The fourth-order valence-corrected chi connectivity index (χ4v) is 4.70. The van der Waals surface area contributed by atoms with Gasteiger partial charge in [-0.25, -0.2) is 4.79 Å². The van der Waals surface area contributed by atoms with Gasteiger partial charge in [0.05, 0.1) is 31.5 Å². The molecule has 8 heteroatoms. The number of benzene rings is 2. The van der Waals surface area contributed by atoms with E-state index in [2.05, 4.69) is 15.2 Å². The van der Waals surface area contributed by atoms with Crippen molar-refractivity contribution in [3.8, 4) is 17.1 Å². The van der Waals surface area contributed by atoms with Gasteiger partial charge < -0.3 is 24.1 Å². The number of nitrogens with zero attached hydrogens (tertiary/aromatic N) is 2. The fraction of sp³-hybridized carbons (Fsp3) is 0.179. The highest BCUT2D eigenvalue weighted by Gasteiger charge is 2.41. The van der Waals surface area contributed by atoms with E-state index in [-0.39, 0.29) is 12.1 Å². The Morgan fingerprint density at radius 3 is 2.61 bits per heavy atom. The van der Waals surface area contributed by atoms with Crippen molar-refractivity contribution in [2.45, 2.75) is 18.6 Å². The lowest BCUT2D eigenvalue weighted by Crippen LogP contribution is -2.29. The summed E-state index contributed by atoms with van der Waals surface area (Å²) in [5.74, 6) is 1.80. The van der Waals surface area contributed by atoms with E-state index in [9.17, 15) is 4.79 Å². The van der Waals surface area contributed by atoms with Crippen LogP contribution in [0.5, 0.6) is 5.75 Å². The van der Waals surface area contributed by atoms with Crippen LogP contribution in [0.2, 0.25) is 0 Å². The summed E-state index contributed by atoms with van der Waals surface area (Å²) in [6, 6.07) is 24.4. The Morgan fingerprint density at radius 2 is 1.89 bits per heavy atom. The molecule has 182 valence electrons. The molecule has 1 N–H and O–H groups in total. The third-order valence-electron chi connectivity index (χ3n) is 6.20. The smallest absolute Gasteiger partial charge is 0.337 e. The zero-order valence-corrected chi connectivity index (χ0v) is 20.7. The summed E-state index contributed by atoms with van der Waals surface area (Å²) in [6.07, 6.45) is 1.77. The Morgan fingerprint density at radius 1 is 1.06 bits per heavy atom. The lowest BCUT2D eigenvalue weighted by atomic mass is 10.0. The molecule has 2 atom stereocenters. The predicted octanol–water partition coefficient (Wildman–Crippen LogP) is 5.31. The van der Waals surface area contributed by atoms with E-state index in [4.69, 9.17) is 26.1 Å².